The van der Waals surface area contributed by atoms with Gasteiger partial charge in [0.2, 0.25) is 5.91 Å². The zero-order valence-electron chi connectivity index (χ0n) is 18.7. The third-order valence-electron chi connectivity index (χ3n) is 5.11. The van der Waals surface area contributed by atoms with Gasteiger partial charge in [-0.05, 0) is 36.8 Å². The number of halogens is 1. The van der Waals surface area contributed by atoms with Crippen molar-refractivity contribution in [2.24, 2.45) is 0 Å². The van der Waals surface area contributed by atoms with Gasteiger partial charge in [-0.3, -0.25) is 9.36 Å². The van der Waals surface area contributed by atoms with Crippen LogP contribution in [0.4, 0.5) is 5.69 Å². The Hall–Kier alpha value is -3.49. The number of ether oxygens (including phenoxy) is 1. The number of methoxy groups -OCH3 is 1. The molecule has 1 atom stereocenters. The maximum absolute atomic E-state index is 13.4. The second-order valence-electron chi connectivity index (χ2n) is 7.34. The summed E-state index contributed by atoms with van der Waals surface area (Å²) in [4.78, 5) is 13.4. The van der Waals surface area contributed by atoms with E-state index in [1.165, 1.54) is 11.8 Å². The van der Waals surface area contributed by atoms with E-state index in [2.05, 4.69) is 22.1 Å². The van der Waals surface area contributed by atoms with Gasteiger partial charge >= 0.3 is 0 Å². The fourth-order valence-corrected chi connectivity index (χ4v) is 4.75. The van der Waals surface area contributed by atoms with Crippen molar-refractivity contribution in [2.75, 3.05) is 12.4 Å². The number of hydrogen-bond donors (Lipinski definition) is 1. The molecule has 0 saturated carbocycles. The van der Waals surface area contributed by atoms with Crippen LogP contribution in [0, 0.1) is 6.92 Å². The summed E-state index contributed by atoms with van der Waals surface area (Å²) in [6.45, 7) is 6.21. The van der Waals surface area contributed by atoms with Crippen LogP contribution >= 0.6 is 23.4 Å². The molecular formula is C25H23ClN4O3S. The van der Waals surface area contributed by atoms with Gasteiger partial charge in [-0.2, -0.15) is 0 Å². The molecule has 1 N–H and O–H groups in total. The van der Waals surface area contributed by atoms with E-state index in [0.29, 0.717) is 34.0 Å². The number of anilines is 1. The fourth-order valence-electron chi connectivity index (χ4n) is 3.44. The number of furan rings is 1. The normalized spacial score (nSPS) is 11.7. The van der Waals surface area contributed by atoms with E-state index >= 15 is 0 Å². The van der Waals surface area contributed by atoms with Gasteiger partial charge in [-0.1, -0.05) is 59.8 Å². The molecule has 1 amide bonds. The number of carbonyl (C=O) groups is 1. The molecule has 2 aromatic carbocycles. The van der Waals surface area contributed by atoms with Gasteiger partial charge in [0.05, 0.1) is 24.0 Å². The van der Waals surface area contributed by atoms with Crippen molar-refractivity contribution in [3.63, 3.8) is 0 Å². The van der Waals surface area contributed by atoms with Gasteiger partial charge < -0.3 is 14.5 Å². The minimum atomic E-state index is -0.590. The zero-order chi connectivity index (χ0) is 24.1. The lowest BCUT2D eigenvalue weighted by Gasteiger charge is -2.17. The largest absolute Gasteiger partial charge is 0.495 e. The van der Waals surface area contributed by atoms with Crippen LogP contribution in [-0.2, 0) is 11.3 Å². The van der Waals surface area contributed by atoms with E-state index in [4.69, 9.17) is 20.8 Å². The van der Waals surface area contributed by atoms with Crippen LogP contribution in [0.3, 0.4) is 0 Å². The van der Waals surface area contributed by atoms with Gasteiger partial charge in [0.1, 0.15) is 16.8 Å². The van der Waals surface area contributed by atoms with Crippen molar-refractivity contribution in [1.82, 2.24) is 14.8 Å². The predicted octanol–water partition coefficient (Wildman–Crippen LogP) is 6.17. The molecule has 0 fully saturated rings. The molecule has 0 bridgehead atoms. The minimum absolute atomic E-state index is 0.216. The highest BCUT2D eigenvalue weighted by molar-refractivity contribution is 8.00. The first-order chi connectivity index (χ1) is 16.5. The molecule has 0 aliphatic heterocycles. The minimum Gasteiger partial charge on any atom is -0.495 e. The molecule has 2 aromatic heterocycles. The van der Waals surface area contributed by atoms with E-state index in [9.17, 15) is 4.79 Å². The first-order valence-corrected chi connectivity index (χ1v) is 11.7. The monoisotopic (exact) mass is 494 g/mol. The van der Waals surface area contributed by atoms with E-state index in [1.54, 1.807) is 37.6 Å². The molecule has 7 nitrogen and oxygen atoms in total. The summed E-state index contributed by atoms with van der Waals surface area (Å²) in [5.41, 5.74) is 2.24. The van der Waals surface area contributed by atoms with Crippen LogP contribution in [0.15, 0.2) is 83.1 Å². The van der Waals surface area contributed by atoms with E-state index in [-0.39, 0.29) is 5.91 Å². The van der Waals surface area contributed by atoms with Crippen molar-refractivity contribution < 1.29 is 13.9 Å². The smallest absolute Gasteiger partial charge is 0.242 e. The van der Waals surface area contributed by atoms with Crippen molar-refractivity contribution in [2.45, 2.75) is 23.9 Å². The number of thioether (sulfide) groups is 1. The highest BCUT2D eigenvalue weighted by Gasteiger charge is 2.26. The Morgan fingerprint density at radius 1 is 1.26 bits per heavy atom. The summed E-state index contributed by atoms with van der Waals surface area (Å²) in [6.07, 6.45) is 3.38. The topological polar surface area (TPSA) is 82.2 Å². The summed E-state index contributed by atoms with van der Waals surface area (Å²) in [7, 11) is 1.54. The quantitative estimate of drug-likeness (QED) is 0.221. The molecule has 174 valence electrons. The van der Waals surface area contributed by atoms with E-state index in [0.717, 1.165) is 16.9 Å². The lowest BCUT2D eigenvalue weighted by atomic mass is 10.1. The predicted molar refractivity (Wildman–Crippen MR) is 134 cm³/mol. The van der Waals surface area contributed by atoms with Gasteiger partial charge in [0, 0.05) is 12.2 Å². The van der Waals surface area contributed by atoms with Gasteiger partial charge in [-0.15, -0.1) is 16.8 Å². The number of nitrogens with one attached hydrogen (secondary N) is 1. The standard InChI is InChI=1S/C25H23ClN4O3S/c1-4-13-30-23(19-12-14-33-16(19)2)28-29-25(30)34-22(17-8-6-5-7-9-17)24(31)27-18-10-11-21(32-3)20(26)15-18/h4-12,14-15,22H,1,13H2,2-3H3,(H,27,31). The Morgan fingerprint density at radius 3 is 2.71 bits per heavy atom. The maximum Gasteiger partial charge on any atom is 0.242 e. The number of benzene rings is 2. The van der Waals surface area contributed by atoms with Crippen molar-refractivity contribution in [3.05, 3.63) is 89.9 Å². The Kier molecular flexibility index (Phi) is 7.40. The fraction of sp³-hybridized carbons (Fsp3) is 0.160. The number of rotatable bonds is 9. The molecular weight excluding hydrogens is 472 g/mol. The lowest BCUT2D eigenvalue weighted by molar-refractivity contribution is -0.115. The molecule has 34 heavy (non-hydrogen) atoms. The van der Waals surface area contributed by atoms with Gasteiger partial charge in [0.15, 0.2) is 11.0 Å². The number of amides is 1. The Bertz CT molecular complexity index is 1300. The number of hydrogen-bond acceptors (Lipinski definition) is 6. The first-order valence-electron chi connectivity index (χ1n) is 10.5. The molecule has 1 unspecified atom stereocenters. The number of nitrogens with zero attached hydrogens (tertiary/aromatic N) is 3. The summed E-state index contributed by atoms with van der Waals surface area (Å²) < 4.78 is 12.6. The van der Waals surface area contributed by atoms with Crippen LogP contribution in [0.5, 0.6) is 5.75 Å². The summed E-state index contributed by atoms with van der Waals surface area (Å²) in [5, 5.41) is 12.1. The first kappa shape index (κ1) is 23.7. The molecule has 4 rings (SSSR count). The second-order valence-corrected chi connectivity index (χ2v) is 8.82. The molecule has 0 saturated heterocycles. The lowest BCUT2D eigenvalue weighted by Crippen LogP contribution is -2.19. The van der Waals surface area contributed by atoms with Crippen molar-refractivity contribution >= 4 is 35.0 Å². The van der Waals surface area contributed by atoms with Crippen LogP contribution in [-0.4, -0.2) is 27.8 Å². The highest BCUT2D eigenvalue weighted by Crippen LogP contribution is 2.38. The molecule has 9 heteroatoms. The van der Waals surface area contributed by atoms with E-state index in [1.807, 2.05) is 47.9 Å². The number of allylic oxidation sites excluding steroid dienone is 1. The number of aryl methyl sites for hydroxylation is 1. The molecule has 0 aliphatic carbocycles. The molecule has 0 aliphatic rings. The Labute approximate surface area is 206 Å². The van der Waals surface area contributed by atoms with Crippen LogP contribution < -0.4 is 10.1 Å². The highest BCUT2D eigenvalue weighted by atomic mass is 35.5. The second kappa shape index (κ2) is 10.6. The van der Waals surface area contributed by atoms with Gasteiger partial charge in [-0.25, -0.2) is 0 Å². The average molecular weight is 495 g/mol. The van der Waals surface area contributed by atoms with Crippen molar-refractivity contribution in [3.8, 4) is 17.1 Å². The zero-order valence-corrected chi connectivity index (χ0v) is 20.3. The van der Waals surface area contributed by atoms with Crippen molar-refractivity contribution in [1.29, 1.82) is 0 Å². The molecule has 0 radical (unpaired) electrons. The molecule has 4 aromatic rings. The van der Waals surface area contributed by atoms with E-state index < -0.39 is 5.25 Å². The molecule has 2 heterocycles. The molecule has 0 spiro atoms. The number of carbonyl (C=O) groups excluding carboxylic acids is 1. The van der Waals surface area contributed by atoms with Crippen LogP contribution in [0.1, 0.15) is 16.6 Å². The Morgan fingerprint density at radius 2 is 2.06 bits per heavy atom. The number of aromatic nitrogens is 3. The summed E-state index contributed by atoms with van der Waals surface area (Å²) in [6, 6.07) is 16.5. The summed E-state index contributed by atoms with van der Waals surface area (Å²) >= 11 is 7.55. The average Bonchev–Trinajstić information content (AvgIpc) is 3.43. The van der Waals surface area contributed by atoms with Gasteiger partial charge in [0.25, 0.3) is 0 Å². The Balaban J connectivity index is 1.67. The van der Waals surface area contributed by atoms with Crippen LogP contribution in [0.2, 0.25) is 5.02 Å². The maximum atomic E-state index is 13.4. The van der Waals surface area contributed by atoms with Crippen LogP contribution in [0.25, 0.3) is 11.4 Å². The summed E-state index contributed by atoms with van der Waals surface area (Å²) in [5.74, 6) is 1.71. The third kappa shape index (κ3) is 5.03. The SMILES string of the molecule is C=CCn1c(SC(C(=O)Nc2ccc(OC)c(Cl)c2)c2ccccc2)nnc1-c1ccoc1C. The third-order valence-corrected chi connectivity index (χ3v) is 6.64.